The van der Waals surface area contributed by atoms with E-state index in [2.05, 4.69) is 9.82 Å². The molecule has 0 spiro atoms. The number of benzene rings is 1. The molecule has 0 aliphatic carbocycles. The molecule has 0 radical (unpaired) electrons. The van der Waals surface area contributed by atoms with Gasteiger partial charge in [-0.2, -0.15) is 0 Å². The van der Waals surface area contributed by atoms with Gasteiger partial charge in [0.15, 0.2) is 0 Å². The first kappa shape index (κ1) is 15.8. The van der Waals surface area contributed by atoms with Crippen molar-refractivity contribution in [3.63, 3.8) is 0 Å². The molecule has 116 valence electrons. The second-order valence-electron chi connectivity index (χ2n) is 4.94. The molecule has 8 heteroatoms. The smallest absolute Gasteiger partial charge is 0.432 e. The number of anilines is 1. The highest BCUT2D eigenvalue weighted by Crippen LogP contribution is 2.53. The third-order valence-electron chi connectivity index (χ3n) is 3.14. The number of rotatable bonds is 4. The van der Waals surface area contributed by atoms with Gasteiger partial charge in [0.25, 0.3) is 0 Å². The summed E-state index contributed by atoms with van der Waals surface area (Å²) >= 11 is 0. The molecule has 2 rings (SSSR count). The Morgan fingerprint density at radius 1 is 1.24 bits per heavy atom. The van der Waals surface area contributed by atoms with E-state index >= 15 is 0 Å². The maximum absolute atomic E-state index is 12.4. The van der Waals surface area contributed by atoms with Gasteiger partial charge in [-0.15, -0.1) is 0 Å². The maximum Gasteiger partial charge on any atom is 0.432 e. The number of ether oxygens (including phenoxy) is 2. The van der Waals surface area contributed by atoms with E-state index in [1.165, 1.54) is 7.11 Å². The lowest BCUT2D eigenvalue weighted by Crippen LogP contribution is -2.41. The minimum absolute atomic E-state index is 0.0416. The van der Waals surface area contributed by atoms with Gasteiger partial charge in [0.1, 0.15) is 11.2 Å². The average Bonchev–Trinajstić information content (AvgIpc) is 2.50. The van der Waals surface area contributed by atoms with Crippen LogP contribution in [-0.2, 0) is 23.1 Å². The lowest BCUT2D eigenvalue weighted by molar-refractivity contribution is -0.158. The molecule has 0 bridgehead atoms. The largest absolute Gasteiger partial charge is 0.497 e. The van der Waals surface area contributed by atoms with Crippen LogP contribution in [-0.4, -0.2) is 33.4 Å². The Hall–Kier alpha value is -1.56. The zero-order chi connectivity index (χ0) is 15.5. The summed E-state index contributed by atoms with van der Waals surface area (Å²) in [4.78, 5) is 11.6. The van der Waals surface area contributed by atoms with Gasteiger partial charge in [-0.1, -0.05) is 0 Å². The van der Waals surface area contributed by atoms with Gasteiger partial charge < -0.3 is 9.47 Å². The van der Waals surface area contributed by atoms with Crippen molar-refractivity contribution in [1.29, 1.82) is 0 Å². The van der Waals surface area contributed by atoms with E-state index in [9.17, 15) is 9.36 Å². The molecule has 1 aliphatic heterocycles. The molecule has 0 saturated carbocycles. The van der Waals surface area contributed by atoms with Crippen molar-refractivity contribution in [2.24, 2.45) is 5.41 Å². The van der Waals surface area contributed by atoms with Gasteiger partial charge >= 0.3 is 13.7 Å². The van der Waals surface area contributed by atoms with Gasteiger partial charge in [-0.3, -0.25) is 18.9 Å². The zero-order valence-corrected chi connectivity index (χ0v) is 13.0. The minimum atomic E-state index is -3.49. The number of carbonyl (C=O) groups excluding carboxylic acids is 1. The highest BCUT2D eigenvalue weighted by molar-refractivity contribution is 7.55. The van der Waals surface area contributed by atoms with Crippen LogP contribution in [0.1, 0.15) is 6.92 Å². The number of carbonyl (C=O) groups is 1. The molecule has 1 fully saturated rings. The minimum Gasteiger partial charge on any atom is -0.497 e. The van der Waals surface area contributed by atoms with Crippen LogP contribution in [0, 0.1) is 5.41 Å². The monoisotopic (exact) mass is 315 g/mol. The first-order chi connectivity index (χ1) is 9.91. The molecule has 1 aromatic carbocycles. The van der Waals surface area contributed by atoms with Crippen LogP contribution in [0.4, 0.5) is 5.69 Å². The highest BCUT2D eigenvalue weighted by Gasteiger charge is 2.45. The fourth-order valence-corrected chi connectivity index (χ4v) is 3.37. The van der Waals surface area contributed by atoms with Crippen LogP contribution in [0.25, 0.3) is 0 Å². The molecular formula is C13H18NO6P. The summed E-state index contributed by atoms with van der Waals surface area (Å²) in [6.45, 7) is 1.55. The van der Waals surface area contributed by atoms with Crippen molar-refractivity contribution in [2.75, 3.05) is 32.5 Å². The van der Waals surface area contributed by atoms with Crippen molar-refractivity contribution in [3.05, 3.63) is 24.3 Å². The number of nitrogens with one attached hydrogen (secondary N) is 1. The van der Waals surface area contributed by atoms with Crippen LogP contribution < -0.4 is 9.82 Å². The topological polar surface area (TPSA) is 83.1 Å². The first-order valence-electron chi connectivity index (χ1n) is 6.31. The molecule has 1 saturated heterocycles. The van der Waals surface area contributed by atoms with E-state index in [1.54, 1.807) is 38.3 Å². The highest BCUT2D eigenvalue weighted by atomic mass is 31.2. The second-order valence-corrected chi connectivity index (χ2v) is 6.67. The van der Waals surface area contributed by atoms with E-state index in [4.69, 9.17) is 13.8 Å². The van der Waals surface area contributed by atoms with E-state index < -0.39 is 19.1 Å². The van der Waals surface area contributed by atoms with Crippen LogP contribution >= 0.6 is 7.75 Å². The normalized spacial score (nSPS) is 28.7. The first-order valence-corrected chi connectivity index (χ1v) is 7.85. The predicted octanol–water partition coefficient (Wildman–Crippen LogP) is 2.44. The molecule has 0 aromatic heterocycles. The van der Waals surface area contributed by atoms with Crippen LogP contribution in [0.3, 0.4) is 0 Å². The number of hydrogen-bond donors (Lipinski definition) is 1. The summed E-state index contributed by atoms with van der Waals surface area (Å²) in [6.07, 6.45) is 0. The van der Waals surface area contributed by atoms with E-state index in [1.807, 2.05) is 0 Å². The molecular weight excluding hydrogens is 297 g/mol. The van der Waals surface area contributed by atoms with Gasteiger partial charge in [-0.05, 0) is 31.2 Å². The standard InChI is InChI=1S/C13H18NO6P/c1-13(12(15)18-3)8-19-21(16,20-9-13)14-10-4-6-11(17-2)7-5-10/h4-7H,8-9H2,1-3H3,(H,14,16). The number of esters is 1. The summed E-state index contributed by atoms with van der Waals surface area (Å²) in [7, 11) is -0.637. The lowest BCUT2D eigenvalue weighted by Gasteiger charge is -2.34. The van der Waals surface area contributed by atoms with E-state index in [0.717, 1.165) is 0 Å². The third-order valence-corrected chi connectivity index (χ3v) is 4.61. The summed E-state index contributed by atoms with van der Waals surface area (Å²) in [5.41, 5.74) is -0.384. The van der Waals surface area contributed by atoms with E-state index in [0.29, 0.717) is 11.4 Å². The molecule has 0 unspecified atom stereocenters. The lowest BCUT2D eigenvalue weighted by atomic mass is 9.93. The predicted molar refractivity (Wildman–Crippen MR) is 76.3 cm³/mol. The fourth-order valence-electron chi connectivity index (χ4n) is 1.79. The van der Waals surface area contributed by atoms with Crippen molar-refractivity contribution in [2.45, 2.75) is 6.92 Å². The third kappa shape index (κ3) is 3.56. The van der Waals surface area contributed by atoms with Crippen molar-refractivity contribution in [1.82, 2.24) is 0 Å². The zero-order valence-electron chi connectivity index (χ0n) is 12.1. The molecule has 1 heterocycles. The average molecular weight is 315 g/mol. The Morgan fingerprint density at radius 3 is 2.29 bits per heavy atom. The van der Waals surface area contributed by atoms with Crippen LogP contribution in [0.2, 0.25) is 0 Å². The Kier molecular flexibility index (Phi) is 4.56. The summed E-state index contributed by atoms with van der Waals surface area (Å²) in [5, 5.41) is 2.71. The van der Waals surface area contributed by atoms with Crippen molar-refractivity contribution >= 4 is 19.4 Å². The Balaban J connectivity index is 2.01. The molecule has 1 aromatic rings. The summed E-state index contributed by atoms with van der Waals surface area (Å²) in [5.74, 6) is 0.223. The molecule has 0 atom stereocenters. The van der Waals surface area contributed by atoms with Crippen molar-refractivity contribution < 1.29 is 27.9 Å². The molecule has 0 amide bonds. The Bertz CT molecular complexity index is 546. The number of methoxy groups -OCH3 is 2. The number of hydrogen-bond acceptors (Lipinski definition) is 6. The fraction of sp³-hybridized carbons (Fsp3) is 0.462. The van der Waals surface area contributed by atoms with Gasteiger partial charge in [0.05, 0.1) is 27.4 Å². The van der Waals surface area contributed by atoms with Crippen LogP contribution in [0.5, 0.6) is 5.75 Å². The SMILES string of the molecule is COC(=O)C1(C)COP(=O)(Nc2ccc(OC)cc2)OC1. The quantitative estimate of drug-likeness (QED) is 0.675. The second kappa shape index (κ2) is 6.05. The summed E-state index contributed by atoms with van der Waals surface area (Å²) in [6, 6.07) is 6.83. The van der Waals surface area contributed by atoms with Gasteiger partial charge in [-0.25, -0.2) is 4.57 Å². The Morgan fingerprint density at radius 2 is 1.81 bits per heavy atom. The van der Waals surface area contributed by atoms with E-state index in [-0.39, 0.29) is 13.2 Å². The van der Waals surface area contributed by atoms with Crippen molar-refractivity contribution in [3.8, 4) is 5.75 Å². The molecule has 1 aliphatic rings. The Labute approximate surface area is 123 Å². The van der Waals surface area contributed by atoms with Gasteiger partial charge in [0.2, 0.25) is 0 Å². The van der Waals surface area contributed by atoms with Crippen LogP contribution in [0.15, 0.2) is 24.3 Å². The molecule has 21 heavy (non-hydrogen) atoms. The summed E-state index contributed by atoms with van der Waals surface area (Å²) < 4.78 is 32.6. The molecule has 1 N–H and O–H groups in total. The molecule has 7 nitrogen and oxygen atoms in total. The van der Waals surface area contributed by atoms with Gasteiger partial charge in [0, 0.05) is 5.69 Å². The maximum atomic E-state index is 12.4.